The van der Waals surface area contributed by atoms with Gasteiger partial charge in [-0.25, -0.2) is 8.42 Å². The molecule has 0 fully saturated rings. The number of hydrogen-bond acceptors (Lipinski definition) is 4. The maximum atomic E-state index is 12.4. The van der Waals surface area contributed by atoms with Crippen LogP contribution in [-0.4, -0.2) is 30.8 Å². The Labute approximate surface area is 153 Å². The van der Waals surface area contributed by atoms with E-state index >= 15 is 0 Å². The number of hydrogen-bond donors (Lipinski definition) is 2. The maximum absolute atomic E-state index is 12.4. The Morgan fingerprint density at radius 2 is 1.71 bits per heavy atom. The fourth-order valence-corrected chi connectivity index (χ4v) is 3.94. The number of rotatable bonds is 5. The van der Waals surface area contributed by atoms with Crippen molar-refractivity contribution >= 4 is 49.0 Å². The molecule has 1 atom stereocenters. The first-order valence-corrected chi connectivity index (χ1v) is 9.70. The molecule has 8 heteroatoms. The number of halogens is 2. The van der Waals surface area contributed by atoms with Gasteiger partial charge in [0.2, 0.25) is 0 Å². The molecule has 2 aromatic rings. The number of aliphatic hydroxyl groups is 1. The smallest absolute Gasteiger partial charge is 0.257 e. The molecule has 2 rings (SSSR count). The van der Waals surface area contributed by atoms with Crippen molar-refractivity contribution < 1.29 is 18.3 Å². The van der Waals surface area contributed by atoms with Crippen LogP contribution in [-0.2, 0) is 14.6 Å². The molecule has 0 saturated heterocycles. The van der Waals surface area contributed by atoms with E-state index in [0.717, 1.165) is 11.4 Å². The van der Waals surface area contributed by atoms with Crippen LogP contribution >= 0.6 is 27.5 Å². The van der Waals surface area contributed by atoms with Gasteiger partial charge in [0.25, 0.3) is 5.91 Å². The van der Waals surface area contributed by atoms with Crippen molar-refractivity contribution in [1.82, 2.24) is 0 Å². The lowest BCUT2D eigenvalue weighted by Crippen LogP contribution is -2.45. The molecule has 0 radical (unpaired) electrons. The van der Waals surface area contributed by atoms with E-state index in [4.69, 9.17) is 11.6 Å². The van der Waals surface area contributed by atoms with Gasteiger partial charge < -0.3 is 10.4 Å². The molecular weight excluding hydrogens is 418 g/mol. The van der Waals surface area contributed by atoms with Crippen LogP contribution in [0.2, 0.25) is 5.02 Å². The third kappa shape index (κ3) is 4.80. The number of carbonyl (C=O) groups is 1. The van der Waals surface area contributed by atoms with E-state index in [1.807, 2.05) is 0 Å². The molecule has 2 aromatic carbocycles. The van der Waals surface area contributed by atoms with Crippen LogP contribution < -0.4 is 5.32 Å². The van der Waals surface area contributed by atoms with Gasteiger partial charge in [-0.3, -0.25) is 4.79 Å². The molecule has 0 spiro atoms. The molecule has 0 saturated carbocycles. The Bertz CT molecular complexity index is 833. The van der Waals surface area contributed by atoms with Crippen molar-refractivity contribution in [2.75, 3.05) is 11.1 Å². The standard InChI is InChI=1S/C16H15BrClNO4S/c1-16(21,15(20)19-13-6-4-12(18)5-7-13)10-24(22,23)14-8-2-11(17)3-9-14/h2-9,21H,10H2,1H3,(H,19,20). The highest BCUT2D eigenvalue weighted by Gasteiger charge is 2.36. The zero-order valence-electron chi connectivity index (χ0n) is 12.7. The fraction of sp³-hybridized carbons (Fsp3) is 0.188. The van der Waals surface area contributed by atoms with E-state index < -0.39 is 27.1 Å². The molecule has 2 N–H and O–H groups in total. The van der Waals surface area contributed by atoms with Crippen LogP contribution in [0.15, 0.2) is 57.9 Å². The van der Waals surface area contributed by atoms with E-state index in [9.17, 15) is 18.3 Å². The molecular formula is C16H15BrClNO4S. The minimum atomic E-state index is -3.83. The summed E-state index contributed by atoms with van der Waals surface area (Å²) in [6.45, 7) is 1.16. The van der Waals surface area contributed by atoms with Crippen molar-refractivity contribution in [1.29, 1.82) is 0 Å². The molecule has 128 valence electrons. The number of anilines is 1. The summed E-state index contributed by atoms with van der Waals surface area (Å²) in [4.78, 5) is 12.2. The van der Waals surface area contributed by atoms with Gasteiger partial charge in [0.15, 0.2) is 15.4 Å². The van der Waals surface area contributed by atoms with Crippen molar-refractivity contribution in [3.05, 3.63) is 58.0 Å². The molecule has 0 aliphatic rings. The Morgan fingerprint density at radius 3 is 2.25 bits per heavy atom. The second-order valence-corrected chi connectivity index (χ2v) is 8.79. The Balaban J connectivity index is 2.15. The fourth-order valence-electron chi connectivity index (χ4n) is 1.96. The quantitative estimate of drug-likeness (QED) is 0.759. The topological polar surface area (TPSA) is 83.5 Å². The predicted molar refractivity (Wildman–Crippen MR) is 96.9 cm³/mol. The van der Waals surface area contributed by atoms with Gasteiger partial charge in [0.1, 0.15) is 0 Å². The lowest BCUT2D eigenvalue weighted by molar-refractivity contribution is -0.130. The zero-order chi connectivity index (χ0) is 18.0. The molecule has 5 nitrogen and oxygen atoms in total. The lowest BCUT2D eigenvalue weighted by Gasteiger charge is -2.22. The molecule has 0 aliphatic heterocycles. The zero-order valence-corrected chi connectivity index (χ0v) is 15.8. The van der Waals surface area contributed by atoms with Crippen LogP contribution in [0.25, 0.3) is 0 Å². The number of carbonyl (C=O) groups excluding carboxylic acids is 1. The Morgan fingerprint density at radius 1 is 1.17 bits per heavy atom. The Hall–Kier alpha value is -1.41. The monoisotopic (exact) mass is 431 g/mol. The highest BCUT2D eigenvalue weighted by atomic mass is 79.9. The van der Waals surface area contributed by atoms with Crippen molar-refractivity contribution in [3.63, 3.8) is 0 Å². The Kier molecular flexibility index (Phi) is 5.70. The summed E-state index contributed by atoms with van der Waals surface area (Å²) in [7, 11) is -3.83. The van der Waals surface area contributed by atoms with Crippen LogP contribution in [0.4, 0.5) is 5.69 Å². The van der Waals surface area contributed by atoms with Gasteiger partial charge in [-0.2, -0.15) is 0 Å². The number of sulfone groups is 1. The van der Waals surface area contributed by atoms with Gasteiger partial charge in [-0.15, -0.1) is 0 Å². The van der Waals surface area contributed by atoms with E-state index in [-0.39, 0.29) is 4.90 Å². The molecule has 24 heavy (non-hydrogen) atoms. The summed E-state index contributed by atoms with van der Waals surface area (Å²) in [5.41, 5.74) is -1.68. The van der Waals surface area contributed by atoms with Crippen LogP contribution in [0, 0.1) is 0 Å². The highest BCUT2D eigenvalue weighted by molar-refractivity contribution is 9.10. The molecule has 1 amide bonds. The summed E-state index contributed by atoms with van der Waals surface area (Å²) in [5, 5.41) is 13.3. The normalized spacial score (nSPS) is 14.0. The summed E-state index contributed by atoms with van der Waals surface area (Å²) >= 11 is 8.98. The van der Waals surface area contributed by atoms with Crippen LogP contribution in [0.3, 0.4) is 0 Å². The van der Waals surface area contributed by atoms with Gasteiger partial charge in [-0.1, -0.05) is 27.5 Å². The lowest BCUT2D eigenvalue weighted by atomic mass is 10.1. The number of benzene rings is 2. The third-order valence-electron chi connectivity index (χ3n) is 3.24. The molecule has 1 unspecified atom stereocenters. The van der Waals surface area contributed by atoms with Gasteiger partial charge >= 0.3 is 0 Å². The van der Waals surface area contributed by atoms with Crippen LogP contribution in [0.1, 0.15) is 6.92 Å². The van der Waals surface area contributed by atoms with Gasteiger partial charge in [0, 0.05) is 15.2 Å². The average molecular weight is 433 g/mol. The first kappa shape index (κ1) is 18.9. The van der Waals surface area contributed by atoms with E-state index in [0.29, 0.717) is 10.7 Å². The highest BCUT2D eigenvalue weighted by Crippen LogP contribution is 2.21. The second kappa shape index (κ2) is 7.23. The largest absolute Gasteiger partial charge is 0.379 e. The molecule has 0 aromatic heterocycles. The average Bonchev–Trinajstić information content (AvgIpc) is 2.49. The van der Waals surface area contributed by atoms with Gasteiger partial charge in [0.05, 0.1) is 10.6 Å². The summed E-state index contributed by atoms with van der Waals surface area (Å²) in [5.74, 6) is -1.55. The van der Waals surface area contributed by atoms with E-state index in [2.05, 4.69) is 21.2 Å². The van der Waals surface area contributed by atoms with Crippen LogP contribution in [0.5, 0.6) is 0 Å². The second-order valence-electron chi connectivity index (χ2n) is 5.45. The van der Waals surface area contributed by atoms with Crippen molar-refractivity contribution in [2.24, 2.45) is 0 Å². The minimum absolute atomic E-state index is 0.0327. The first-order valence-electron chi connectivity index (χ1n) is 6.88. The van der Waals surface area contributed by atoms with Crippen molar-refractivity contribution in [2.45, 2.75) is 17.4 Å². The minimum Gasteiger partial charge on any atom is -0.379 e. The number of nitrogens with one attached hydrogen (secondary N) is 1. The summed E-state index contributed by atoms with van der Waals surface area (Å²) in [6.07, 6.45) is 0. The maximum Gasteiger partial charge on any atom is 0.257 e. The molecule has 0 aliphatic carbocycles. The van der Waals surface area contributed by atoms with Crippen molar-refractivity contribution in [3.8, 4) is 0 Å². The number of amides is 1. The SMILES string of the molecule is CC(O)(CS(=O)(=O)c1ccc(Br)cc1)C(=O)Nc1ccc(Cl)cc1. The molecule has 0 bridgehead atoms. The van der Waals surface area contributed by atoms with E-state index in [1.165, 1.54) is 12.1 Å². The summed E-state index contributed by atoms with van der Waals surface area (Å²) in [6, 6.07) is 12.2. The van der Waals surface area contributed by atoms with Gasteiger partial charge in [-0.05, 0) is 55.5 Å². The summed E-state index contributed by atoms with van der Waals surface area (Å²) < 4.78 is 25.5. The third-order valence-corrected chi connectivity index (χ3v) is 5.95. The first-order chi connectivity index (χ1) is 11.1. The van der Waals surface area contributed by atoms with E-state index in [1.54, 1.807) is 36.4 Å². The predicted octanol–water partition coefficient (Wildman–Crippen LogP) is 3.27. The molecule has 0 heterocycles.